The third-order valence-electron chi connectivity index (χ3n) is 3.19. The van der Waals surface area contributed by atoms with E-state index in [1.54, 1.807) is 6.07 Å². The second kappa shape index (κ2) is 5.44. The Morgan fingerprint density at radius 1 is 1.36 bits per heavy atom. The van der Waals surface area contributed by atoms with E-state index in [0.29, 0.717) is 16.7 Å². The molecule has 2 N–H and O–H groups in total. The molecule has 2 aromatic heterocycles. The van der Waals surface area contributed by atoms with Crippen LogP contribution in [0.1, 0.15) is 5.69 Å². The van der Waals surface area contributed by atoms with E-state index in [4.69, 9.17) is 0 Å². The zero-order valence-electron chi connectivity index (χ0n) is 11.8. The van der Waals surface area contributed by atoms with Crippen molar-refractivity contribution in [2.24, 2.45) is 0 Å². The zero-order valence-corrected chi connectivity index (χ0v) is 11.8. The Morgan fingerprint density at radius 2 is 2.09 bits per heavy atom. The van der Waals surface area contributed by atoms with Crippen molar-refractivity contribution >= 4 is 22.6 Å². The number of nitrogens with zero attached hydrogens (tertiary/aromatic N) is 2. The quantitative estimate of drug-likeness (QED) is 0.774. The number of amides is 1. The van der Waals surface area contributed by atoms with Crippen molar-refractivity contribution < 1.29 is 9.18 Å². The van der Waals surface area contributed by atoms with Crippen LogP contribution in [0.3, 0.4) is 0 Å². The first-order chi connectivity index (χ1) is 10.5. The third-order valence-corrected chi connectivity index (χ3v) is 3.19. The highest BCUT2D eigenvalue weighted by Gasteiger charge is 2.10. The van der Waals surface area contributed by atoms with Gasteiger partial charge in [0.05, 0.1) is 5.39 Å². The summed E-state index contributed by atoms with van der Waals surface area (Å²) < 4.78 is 14.0. The maximum atomic E-state index is 12.8. The predicted molar refractivity (Wildman–Crippen MR) is 80.1 cm³/mol. The van der Waals surface area contributed by atoms with Crippen molar-refractivity contribution in [2.75, 3.05) is 5.32 Å². The maximum Gasteiger partial charge on any atom is 0.263 e. The zero-order chi connectivity index (χ0) is 15.7. The van der Waals surface area contributed by atoms with Gasteiger partial charge in [-0.25, -0.2) is 9.37 Å². The molecule has 0 saturated heterocycles. The van der Waals surface area contributed by atoms with Crippen LogP contribution in [0.2, 0.25) is 0 Å². The Hall–Kier alpha value is -2.96. The molecule has 2 heterocycles. The SMILES string of the molecule is Cc1cc2c(=O)n(CC(=O)Nc3ccc(F)cc3)cnc2[nH]1. The van der Waals surface area contributed by atoms with E-state index in [1.807, 2.05) is 6.92 Å². The van der Waals surface area contributed by atoms with Gasteiger partial charge in [-0.3, -0.25) is 14.2 Å². The van der Waals surface area contributed by atoms with Crippen LogP contribution in [0.25, 0.3) is 11.0 Å². The number of anilines is 1. The topological polar surface area (TPSA) is 79.8 Å². The lowest BCUT2D eigenvalue weighted by molar-refractivity contribution is -0.116. The number of carbonyl (C=O) groups excluding carboxylic acids is 1. The number of aromatic nitrogens is 3. The fraction of sp³-hybridized carbons (Fsp3) is 0.133. The van der Waals surface area contributed by atoms with Crippen molar-refractivity contribution in [3.05, 3.63) is 58.5 Å². The van der Waals surface area contributed by atoms with E-state index in [9.17, 15) is 14.0 Å². The number of rotatable bonds is 3. The molecule has 0 spiro atoms. The van der Waals surface area contributed by atoms with Crippen LogP contribution in [-0.4, -0.2) is 20.4 Å². The Bertz CT molecular complexity index is 896. The fourth-order valence-corrected chi connectivity index (χ4v) is 2.18. The Kier molecular flexibility index (Phi) is 3.46. The molecule has 0 fully saturated rings. The van der Waals surface area contributed by atoms with Crippen LogP contribution < -0.4 is 10.9 Å². The van der Waals surface area contributed by atoms with Crippen LogP contribution in [-0.2, 0) is 11.3 Å². The molecule has 112 valence electrons. The molecule has 22 heavy (non-hydrogen) atoms. The fourth-order valence-electron chi connectivity index (χ4n) is 2.18. The van der Waals surface area contributed by atoms with E-state index < -0.39 is 0 Å². The monoisotopic (exact) mass is 300 g/mol. The molecule has 6 nitrogen and oxygen atoms in total. The van der Waals surface area contributed by atoms with Crippen LogP contribution in [0, 0.1) is 12.7 Å². The van der Waals surface area contributed by atoms with Crippen molar-refractivity contribution in [1.29, 1.82) is 0 Å². The molecule has 0 unspecified atom stereocenters. The summed E-state index contributed by atoms with van der Waals surface area (Å²) in [7, 11) is 0. The number of hydrogen-bond donors (Lipinski definition) is 2. The summed E-state index contributed by atoms with van der Waals surface area (Å²) in [6.45, 7) is 1.66. The minimum atomic E-state index is -0.387. The number of nitrogens with one attached hydrogen (secondary N) is 2. The largest absolute Gasteiger partial charge is 0.343 e. The number of H-pyrrole nitrogens is 1. The summed E-state index contributed by atoms with van der Waals surface area (Å²) in [5, 5.41) is 3.04. The molecule has 0 atom stereocenters. The van der Waals surface area contributed by atoms with Gasteiger partial charge in [-0.2, -0.15) is 0 Å². The van der Waals surface area contributed by atoms with Gasteiger partial charge in [0, 0.05) is 11.4 Å². The van der Waals surface area contributed by atoms with Crippen LogP contribution >= 0.6 is 0 Å². The molecule has 0 saturated carbocycles. The van der Waals surface area contributed by atoms with E-state index >= 15 is 0 Å². The lowest BCUT2D eigenvalue weighted by Gasteiger charge is -2.07. The van der Waals surface area contributed by atoms with Gasteiger partial charge in [0.2, 0.25) is 5.91 Å². The van der Waals surface area contributed by atoms with Crippen LogP contribution in [0.5, 0.6) is 0 Å². The average Bonchev–Trinajstić information content (AvgIpc) is 2.86. The first-order valence-corrected chi connectivity index (χ1v) is 6.63. The number of carbonyl (C=O) groups is 1. The van der Waals surface area contributed by atoms with Gasteiger partial charge in [0.25, 0.3) is 5.56 Å². The highest BCUT2D eigenvalue weighted by Crippen LogP contribution is 2.09. The molecule has 0 aliphatic carbocycles. The molecule has 3 rings (SSSR count). The van der Waals surface area contributed by atoms with Gasteiger partial charge in [-0.1, -0.05) is 0 Å². The molecule has 0 radical (unpaired) electrons. The lowest BCUT2D eigenvalue weighted by Crippen LogP contribution is -2.27. The first kappa shape index (κ1) is 14.0. The summed E-state index contributed by atoms with van der Waals surface area (Å²) in [5.74, 6) is -0.770. The molecule has 7 heteroatoms. The highest BCUT2D eigenvalue weighted by atomic mass is 19.1. The second-order valence-electron chi connectivity index (χ2n) is 4.95. The molecule has 1 aromatic carbocycles. The van der Waals surface area contributed by atoms with E-state index in [0.717, 1.165) is 5.69 Å². The number of hydrogen-bond acceptors (Lipinski definition) is 3. The molecular weight excluding hydrogens is 287 g/mol. The molecule has 3 aromatic rings. The van der Waals surface area contributed by atoms with Gasteiger partial charge < -0.3 is 10.3 Å². The number of benzene rings is 1. The van der Waals surface area contributed by atoms with Crippen LogP contribution in [0.15, 0.2) is 41.5 Å². The molecule has 0 aliphatic heterocycles. The number of aromatic amines is 1. The predicted octanol–water partition coefficient (Wildman–Crippen LogP) is 1.81. The molecule has 0 aliphatic rings. The van der Waals surface area contributed by atoms with Gasteiger partial charge in [0.1, 0.15) is 24.3 Å². The summed E-state index contributed by atoms with van der Waals surface area (Å²) in [6.07, 6.45) is 1.32. The highest BCUT2D eigenvalue weighted by molar-refractivity contribution is 5.90. The molecular formula is C15H13FN4O2. The normalized spacial score (nSPS) is 10.8. The van der Waals surface area contributed by atoms with E-state index in [1.165, 1.54) is 35.2 Å². The van der Waals surface area contributed by atoms with Crippen molar-refractivity contribution in [1.82, 2.24) is 14.5 Å². The van der Waals surface area contributed by atoms with E-state index in [2.05, 4.69) is 15.3 Å². The summed E-state index contributed by atoms with van der Waals surface area (Å²) in [6, 6.07) is 7.09. The van der Waals surface area contributed by atoms with Crippen molar-refractivity contribution in [2.45, 2.75) is 13.5 Å². The van der Waals surface area contributed by atoms with E-state index in [-0.39, 0.29) is 23.8 Å². The molecule has 1 amide bonds. The Labute approximate surface area is 124 Å². The Balaban J connectivity index is 1.80. The number of fused-ring (bicyclic) bond motifs is 1. The van der Waals surface area contributed by atoms with Crippen molar-refractivity contribution in [3.63, 3.8) is 0 Å². The number of aryl methyl sites for hydroxylation is 1. The summed E-state index contributed by atoms with van der Waals surface area (Å²) >= 11 is 0. The van der Waals surface area contributed by atoms with Gasteiger partial charge in [-0.05, 0) is 37.3 Å². The second-order valence-corrected chi connectivity index (χ2v) is 4.95. The Morgan fingerprint density at radius 3 is 2.82 bits per heavy atom. The lowest BCUT2D eigenvalue weighted by atomic mass is 10.3. The molecule has 0 bridgehead atoms. The van der Waals surface area contributed by atoms with Gasteiger partial charge in [-0.15, -0.1) is 0 Å². The van der Waals surface area contributed by atoms with Gasteiger partial charge in [0.15, 0.2) is 0 Å². The van der Waals surface area contributed by atoms with Crippen molar-refractivity contribution in [3.8, 4) is 0 Å². The number of halogens is 1. The minimum Gasteiger partial charge on any atom is -0.343 e. The van der Waals surface area contributed by atoms with Crippen LogP contribution in [0.4, 0.5) is 10.1 Å². The maximum absolute atomic E-state index is 12.8. The standard InChI is InChI=1S/C15H13FN4O2/c1-9-6-12-14(18-9)17-8-20(15(12)22)7-13(21)19-11-4-2-10(16)3-5-11/h2-6,8,18H,7H2,1H3,(H,19,21). The smallest absolute Gasteiger partial charge is 0.263 e. The third kappa shape index (κ3) is 2.73. The minimum absolute atomic E-state index is 0.163. The summed E-state index contributed by atoms with van der Waals surface area (Å²) in [4.78, 5) is 31.3. The first-order valence-electron chi connectivity index (χ1n) is 6.63. The summed E-state index contributed by atoms with van der Waals surface area (Å²) in [5.41, 5.74) is 1.50. The van der Waals surface area contributed by atoms with Gasteiger partial charge >= 0.3 is 0 Å². The average molecular weight is 300 g/mol.